The van der Waals surface area contributed by atoms with Crippen LogP contribution in [0.25, 0.3) is 0 Å². The van der Waals surface area contributed by atoms with Crippen LogP contribution in [0, 0.1) is 6.92 Å². The Hall–Kier alpha value is -0.920. The van der Waals surface area contributed by atoms with Crippen molar-refractivity contribution in [3.63, 3.8) is 0 Å². The van der Waals surface area contributed by atoms with Crippen LogP contribution < -0.4 is 0 Å². The molecule has 0 amide bonds. The van der Waals surface area contributed by atoms with Gasteiger partial charge in [-0.15, -0.1) is 0 Å². The molecule has 0 bridgehead atoms. The van der Waals surface area contributed by atoms with Gasteiger partial charge >= 0.3 is 0 Å². The molecule has 1 saturated heterocycles. The highest BCUT2D eigenvalue weighted by molar-refractivity contribution is 7.88. The van der Waals surface area contributed by atoms with Crippen molar-refractivity contribution < 1.29 is 18.0 Å². The van der Waals surface area contributed by atoms with Crippen molar-refractivity contribution in [1.82, 2.24) is 9.46 Å². The zero-order valence-electron chi connectivity index (χ0n) is 9.66. The highest BCUT2D eigenvalue weighted by Crippen LogP contribution is 2.22. The highest BCUT2D eigenvalue weighted by Gasteiger charge is 2.34. The molecule has 0 aliphatic carbocycles. The molecule has 1 N–H and O–H groups in total. The van der Waals surface area contributed by atoms with Crippen molar-refractivity contribution in [2.75, 3.05) is 13.2 Å². The summed E-state index contributed by atoms with van der Waals surface area (Å²) in [6.45, 7) is 2.07. The van der Waals surface area contributed by atoms with Gasteiger partial charge in [0.15, 0.2) is 0 Å². The molecule has 1 atom stereocenters. The average molecular weight is 260 g/mol. The number of nitrogens with zero attached hydrogens (tertiary/aromatic N) is 2. The fraction of sp³-hybridized carbons (Fsp3) is 0.700. The maximum Gasteiger partial charge on any atom is 0.220 e. The van der Waals surface area contributed by atoms with Gasteiger partial charge in [0.2, 0.25) is 10.0 Å². The maximum absolute atomic E-state index is 12.1. The molecule has 0 spiro atoms. The monoisotopic (exact) mass is 260 g/mol. The Kier molecular flexibility index (Phi) is 3.50. The standard InChI is InChI=1S/C10H16N2O4S/c1-8-5-9(11-16-8)7-17(14,15)12-4-2-3-10(12)6-13/h5,10,13H,2-4,6-7H2,1H3/t10-/m0/s1. The summed E-state index contributed by atoms with van der Waals surface area (Å²) in [5.74, 6) is 0.427. The molecule has 0 saturated carbocycles. The summed E-state index contributed by atoms with van der Waals surface area (Å²) < 4.78 is 30.4. The largest absolute Gasteiger partial charge is 0.395 e. The van der Waals surface area contributed by atoms with E-state index in [2.05, 4.69) is 5.16 Å². The molecule has 17 heavy (non-hydrogen) atoms. The first-order valence-corrected chi connectivity index (χ1v) is 7.16. The van der Waals surface area contributed by atoms with Crippen LogP contribution in [-0.2, 0) is 15.8 Å². The molecule has 2 rings (SSSR count). The lowest BCUT2D eigenvalue weighted by Gasteiger charge is -2.21. The molecule has 0 radical (unpaired) electrons. The third kappa shape index (κ3) is 2.67. The van der Waals surface area contributed by atoms with E-state index in [1.807, 2.05) is 0 Å². The number of aliphatic hydroxyl groups is 1. The van der Waals surface area contributed by atoms with E-state index in [4.69, 9.17) is 9.63 Å². The lowest BCUT2D eigenvalue weighted by molar-refractivity contribution is 0.213. The molecule has 0 unspecified atom stereocenters. The lowest BCUT2D eigenvalue weighted by Crippen LogP contribution is -2.38. The van der Waals surface area contributed by atoms with Crippen molar-refractivity contribution in [1.29, 1.82) is 0 Å². The van der Waals surface area contributed by atoms with Gasteiger partial charge in [0.05, 0.1) is 6.61 Å². The Morgan fingerprint density at radius 2 is 2.41 bits per heavy atom. The van der Waals surface area contributed by atoms with E-state index in [0.717, 1.165) is 6.42 Å². The fourth-order valence-electron chi connectivity index (χ4n) is 2.11. The first kappa shape index (κ1) is 12.5. The van der Waals surface area contributed by atoms with Crippen LogP contribution in [0.2, 0.25) is 0 Å². The van der Waals surface area contributed by atoms with Crippen molar-refractivity contribution in [3.8, 4) is 0 Å². The molecular weight excluding hydrogens is 244 g/mol. The Balaban J connectivity index is 2.13. The van der Waals surface area contributed by atoms with Crippen molar-refractivity contribution in [3.05, 3.63) is 17.5 Å². The van der Waals surface area contributed by atoms with Gasteiger partial charge in [0, 0.05) is 18.7 Å². The number of aliphatic hydroxyl groups excluding tert-OH is 1. The predicted molar refractivity (Wildman–Crippen MR) is 60.7 cm³/mol. The Morgan fingerprint density at radius 1 is 1.65 bits per heavy atom. The van der Waals surface area contributed by atoms with E-state index in [1.54, 1.807) is 13.0 Å². The van der Waals surface area contributed by atoms with Crippen molar-refractivity contribution in [2.24, 2.45) is 0 Å². The Bertz CT molecular complexity index is 482. The van der Waals surface area contributed by atoms with Crippen LogP contribution in [0.4, 0.5) is 0 Å². The van der Waals surface area contributed by atoms with Gasteiger partial charge in [0.25, 0.3) is 0 Å². The normalized spacial score (nSPS) is 22.1. The molecule has 1 aromatic rings. The molecule has 1 aromatic heterocycles. The van der Waals surface area contributed by atoms with Gasteiger partial charge in [-0.3, -0.25) is 0 Å². The fourth-order valence-corrected chi connectivity index (χ4v) is 3.82. The predicted octanol–water partition coefficient (Wildman–Crippen LogP) is 0.270. The number of sulfonamides is 1. The third-order valence-electron chi connectivity index (χ3n) is 2.90. The summed E-state index contributed by atoms with van der Waals surface area (Å²) in [6, 6.07) is 1.33. The molecular formula is C10H16N2O4S. The van der Waals surface area contributed by atoms with Crippen LogP contribution >= 0.6 is 0 Å². The van der Waals surface area contributed by atoms with Gasteiger partial charge in [-0.05, 0) is 19.8 Å². The summed E-state index contributed by atoms with van der Waals surface area (Å²) in [7, 11) is -3.41. The molecule has 0 aromatic carbocycles. The van der Waals surface area contributed by atoms with Gasteiger partial charge in [-0.2, -0.15) is 4.31 Å². The van der Waals surface area contributed by atoms with E-state index in [-0.39, 0.29) is 18.4 Å². The topological polar surface area (TPSA) is 83.6 Å². The second-order valence-electron chi connectivity index (χ2n) is 4.27. The van der Waals surface area contributed by atoms with Crippen molar-refractivity contribution >= 4 is 10.0 Å². The van der Waals surface area contributed by atoms with Gasteiger partial charge in [-0.25, -0.2) is 8.42 Å². The minimum absolute atomic E-state index is 0.128. The second kappa shape index (κ2) is 4.75. The van der Waals surface area contributed by atoms with Crippen molar-refractivity contribution in [2.45, 2.75) is 31.6 Å². The highest BCUT2D eigenvalue weighted by atomic mass is 32.2. The molecule has 1 aliphatic heterocycles. The molecule has 6 nitrogen and oxygen atoms in total. The zero-order chi connectivity index (χ0) is 12.5. The summed E-state index contributed by atoms with van der Waals surface area (Å²) in [5, 5.41) is 12.8. The number of rotatable bonds is 4. The van der Waals surface area contributed by atoms with E-state index in [0.29, 0.717) is 24.4 Å². The number of hydrogen-bond donors (Lipinski definition) is 1. The summed E-state index contributed by atoms with van der Waals surface area (Å²) >= 11 is 0. The van der Waals surface area contributed by atoms with Gasteiger partial charge in [0.1, 0.15) is 17.2 Å². The average Bonchev–Trinajstić information content (AvgIpc) is 2.86. The van der Waals surface area contributed by atoms with Gasteiger partial charge < -0.3 is 9.63 Å². The molecule has 7 heteroatoms. The Labute approximate surface area is 100 Å². The molecule has 1 fully saturated rings. The number of aryl methyl sites for hydroxylation is 1. The molecule has 2 heterocycles. The maximum atomic E-state index is 12.1. The minimum atomic E-state index is -3.41. The number of hydrogen-bond acceptors (Lipinski definition) is 5. The van der Waals surface area contributed by atoms with E-state index < -0.39 is 10.0 Å². The van der Waals surface area contributed by atoms with Crippen LogP contribution in [-0.4, -0.2) is 42.2 Å². The molecule has 96 valence electrons. The molecule has 1 aliphatic rings. The third-order valence-corrected chi connectivity index (χ3v) is 4.75. The van der Waals surface area contributed by atoms with E-state index in [9.17, 15) is 8.42 Å². The summed E-state index contributed by atoms with van der Waals surface area (Å²) in [5.41, 5.74) is 0.408. The first-order chi connectivity index (χ1) is 8.03. The smallest absolute Gasteiger partial charge is 0.220 e. The van der Waals surface area contributed by atoms with E-state index in [1.165, 1.54) is 4.31 Å². The van der Waals surface area contributed by atoms with Crippen LogP contribution in [0.5, 0.6) is 0 Å². The van der Waals surface area contributed by atoms with Crippen LogP contribution in [0.1, 0.15) is 24.3 Å². The van der Waals surface area contributed by atoms with Gasteiger partial charge in [-0.1, -0.05) is 5.16 Å². The van der Waals surface area contributed by atoms with E-state index >= 15 is 0 Å². The minimum Gasteiger partial charge on any atom is -0.395 e. The first-order valence-electron chi connectivity index (χ1n) is 5.55. The summed E-state index contributed by atoms with van der Waals surface area (Å²) in [4.78, 5) is 0. The lowest BCUT2D eigenvalue weighted by atomic mass is 10.2. The summed E-state index contributed by atoms with van der Waals surface area (Å²) in [6.07, 6.45) is 1.51. The number of aromatic nitrogens is 1. The quantitative estimate of drug-likeness (QED) is 0.840. The van der Waals surface area contributed by atoms with Crippen LogP contribution in [0.15, 0.2) is 10.6 Å². The SMILES string of the molecule is Cc1cc(CS(=O)(=O)N2CCC[C@H]2CO)no1. The second-order valence-corrected chi connectivity index (χ2v) is 6.20. The Morgan fingerprint density at radius 3 is 3.00 bits per heavy atom. The van der Waals surface area contributed by atoms with Crippen LogP contribution in [0.3, 0.4) is 0 Å². The zero-order valence-corrected chi connectivity index (χ0v) is 10.5.